The minimum atomic E-state index is -3.90. The molecule has 27 heavy (non-hydrogen) atoms. The van der Waals surface area contributed by atoms with E-state index in [1.54, 1.807) is 30.3 Å². The highest BCUT2D eigenvalue weighted by Gasteiger charge is 2.22. The van der Waals surface area contributed by atoms with Gasteiger partial charge in [-0.25, -0.2) is 13.1 Å². The van der Waals surface area contributed by atoms with E-state index in [2.05, 4.69) is 20.2 Å². The molecule has 0 saturated carbocycles. The SMILES string of the molecule is COc1ccc(OC)c(S(=O)(=O)NCc2nnnn2-c2ccc(Cl)cc2)c1. The highest BCUT2D eigenvalue weighted by atomic mass is 35.5. The summed E-state index contributed by atoms with van der Waals surface area (Å²) < 4.78 is 39.6. The highest BCUT2D eigenvalue weighted by Crippen LogP contribution is 2.28. The third kappa shape index (κ3) is 4.18. The fourth-order valence-electron chi connectivity index (χ4n) is 2.33. The van der Waals surface area contributed by atoms with E-state index >= 15 is 0 Å². The molecule has 2 aromatic carbocycles. The molecule has 1 aromatic heterocycles. The third-order valence-electron chi connectivity index (χ3n) is 3.69. The number of nitrogens with one attached hydrogen (secondary N) is 1. The van der Waals surface area contributed by atoms with Crippen LogP contribution in [-0.2, 0) is 16.6 Å². The number of aromatic nitrogens is 4. The van der Waals surface area contributed by atoms with Crippen LogP contribution < -0.4 is 14.2 Å². The summed E-state index contributed by atoms with van der Waals surface area (Å²) in [5.41, 5.74) is 0.651. The molecule has 0 saturated heterocycles. The maximum Gasteiger partial charge on any atom is 0.244 e. The first-order valence-corrected chi connectivity index (χ1v) is 9.55. The molecule has 0 fully saturated rings. The first-order valence-electron chi connectivity index (χ1n) is 7.69. The largest absolute Gasteiger partial charge is 0.497 e. The summed E-state index contributed by atoms with van der Waals surface area (Å²) in [4.78, 5) is -0.0464. The van der Waals surface area contributed by atoms with Crippen LogP contribution in [0, 0.1) is 0 Å². The molecule has 0 amide bonds. The summed E-state index contributed by atoms with van der Waals surface area (Å²) in [6.07, 6.45) is 0. The standard InChI is InChI=1S/C16H16ClN5O4S/c1-25-13-7-8-14(26-2)15(9-13)27(23,24)18-10-16-19-20-21-22(16)12-5-3-11(17)4-6-12/h3-9,18H,10H2,1-2H3. The average Bonchev–Trinajstić information content (AvgIpc) is 3.15. The lowest BCUT2D eigenvalue weighted by molar-refractivity contribution is 0.392. The van der Waals surface area contributed by atoms with Crippen molar-refractivity contribution in [1.82, 2.24) is 24.9 Å². The normalized spacial score (nSPS) is 11.4. The number of tetrazole rings is 1. The summed E-state index contributed by atoms with van der Waals surface area (Å²) in [6, 6.07) is 11.3. The second kappa shape index (κ2) is 7.91. The molecule has 0 aliphatic heterocycles. The quantitative estimate of drug-likeness (QED) is 0.633. The molecule has 11 heteroatoms. The van der Waals surface area contributed by atoms with Gasteiger partial charge in [-0.3, -0.25) is 0 Å². The Kier molecular flexibility index (Phi) is 5.59. The zero-order chi connectivity index (χ0) is 19.4. The van der Waals surface area contributed by atoms with E-state index in [0.29, 0.717) is 22.3 Å². The Hall–Kier alpha value is -2.69. The van der Waals surface area contributed by atoms with Crippen molar-refractivity contribution >= 4 is 21.6 Å². The van der Waals surface area contributed by atoms with Gasteiger partial charge in [-0.1, -0.05) is 11.6 Å². The summed E-state index contributed by atoms with van der Waals surface area (Å²) >= 11 is 5.88. The zero-order valence-corrected chi connectivity index (χ0v) is 16.0. The Morgan fingerprint density at radius 2 is 1.85 bits per heavy atom. The lowest BCUT2D eigenvalue weighted by Gasteiger charge is -2.12. The second-order valence-electron chi connectivity index (χ2n) is 5.32. The predicted molar refractivity (Wildman–Crippen MR) is 97.7 cm³/mol. The van der Waals surface area contributed by atoms with Crippen LogP contribution in [0.4, 0.5) is 0 Å². The first-order chi connectivity index (χ1) is 12.9. The minimum absolute atomic E-state index is 0.0464. The molecule has 1 heterocycles. The van der Waals surface area contributed by atoms with E-state index in [4.69, 9.17) is 21.1 Å². The second-order valence-corrected chi connectivity index (χ2v) is 7.50. The van der Waals surface area contributed by atoms with Gasteiger partial charge < -0.3 is 9.47 Å². The molecule has 0 spiro atoms. The predicted octanol–water partition coefficient (Wildman–Crippen LogP) is 1.81. The van der Waals surface area contributed by atoms with Gasteiger partial charge in [0.2, 0.25) is 10.0 Å². The van der Waals surface area contributed by atoms with Crippen molar-refractivity contribution in [2.24, 2.45) is 0 Å². The molecule has 1 N–H and O–H groups in total. The van der Waals surface area contributed by atoms with E-state index in [0.717, 1.165) is 0 Å². The van der Waals surface area contributed by atoms with Crippen molar-refractivity contribution in [3.8, 4) is 17.2 Å². The Balaban J connectivity index is 1.85. The number of nitrogens with zero attached hydrogens (tertiary/aromatic N) is 4. The van der Waals surface area contributed by atoms with Gasteiger partial charge in [0.15, 0.2) is 5.82 Å². The van der Waals surface area contributed by atoms with E-state index in [-0.39, 0.29) is 17.2 Å². The van der Waals surface area contributed by atoms with Gasteiger partial charge in [0.25, 0.3) is 0 Å². The summed E-state index contributed by atoms with van der Waals surface area (Å²) in [5, 5.41) is 11.9. The number of benzene rings is 2. The van der Waals surface area contributed by atoms with Gasteiger partial charge in [0.1, 0.15) is 16.4 Å². The Morgan fingerprint density at radius 1 is 1.11 bits per heavy atom. The number of rotatable bonds is 7. The van der Waals surface area contributed by atoms with Crippen molar-refractivity contribution in [2.45, 2.75) is 11.4 Å². The molecule has 3 rings (SSSR count). The fourth-order valence-corrected chi connectivity index (χ4v) is 3.62. The Labute approximate surface area is 160 Å². The monoisotopic (exact) mass is 409 g/mol. The smallest absolute Gasteiger partial charge is 0.244 e. The topological polar surface area (TPSA) is 108 Å². The van der Waals surface area contributed by atoms with Crippen LogP contribution in [0.2, 0.25) is 5.02 Å². The van der Waals surface area contributed by atoms with Crippen molar-refractivity contribution in [3.05, 3.63) is 53.3 Å². The molecule has 0 unspecified atom stereocenters. The summed E-state index contributed by atoms with van der Waals surface area (Å²) in [5.74, 6) is 0.894. The number of sulfonamides is 1. The van der Waals surface area contributed by atoms with Crippen molar-refractivity contribution < 1.29 is 17.9 Å². The molecule has 0 aliphatic carbocycles. The highest BCUT2D eigenvalue weighted by molar-refractivity contribution is 7.89. The summed E-state index contributed by atoms with van der Waals surface area (Å²) in [6.45, 7) is -0.127. The minimum Gasteiger partial charge on any atom is -0.497 e. The van der Waals surface area contributed by atoms with E-state index < -0.39 is 10.0 Å². The van der Waals surface area contributed by atoms with Gasteiger partial charge in [0.05, 0.1) is 26.5 Å². The molecular weight excluding hydrogens is 394 g/mol. The van der Waals surface area contributed by atoms with Crippen LogP contribution in [-0.4, -0.2) is 42.8 Å². The van der Waals surface area contributed by atoms with Crippen LogP contribution >= 0.6 is 11.6 Å². The number of methoxy groups -OCH3 is 2. The zero-order valence-electron chi connectivity index (χ0n) is 14.5. The molecule has 142 valence electrons. The number of halogens is 1. The lowest BCUT2D eigenvalue weighted by atomic mass is 10.3. The Morgan fingerprint density at radius 3 is 2.52 bits per heavy atom. The van der Waals surface area contributed by atoms with Gasteiger partial charge >= 0.3 is 0 Å². The van der Waals surface area contributed by atoms with Crippen molar-refractivity contribution in [3.63, 3.8) is 0 Å². The molecule has 9 nitrogen and oxygen atoms in total. The van der Waals surface area contributed by atoms with Gasteiger partial charge in [-0.2, -0.15) is 4.68 Å². The van der Waals surface area contributed by atoms with E-state index in [1.807, 2.05) is 0 Å². The lowest BCUT2D eigenvalue weighted by Crippen LogP contribution is -2.25. The van der Waals surface area contributed by atoms with E-state index in [1.165, 1.54) is 31.0 Å². The number of ether oxygens (including phenoxy) is 2. The van der Waals surface area contributed by atoms with Gasteiger partial charge in [-0.15, -0.1) is 5.10 Å². The van der Waals surface area contributed by atoms with Crippen molar-refractivity contribution in [1.29, 1.82) is 0 Å². The molecule has 0 aliphatic rings. The maximum atomic E-state index is 12.7. The third-order valence-corrected chi connectivity index (χ3v) is 5.36. The molecule has 0 radical (unpaired) electrons. The van der Waals surface area contributed by atoms with Crippen molar-refractivity contribution in [2.75, 3.05) is 14.2 Å². The van der Waals surface area contributed by atoms with Gasteiger partial charge in [-0.05, 0) is 46.8 Å². The Bertz CT molecular complexity index is 1040. The van der Waals surface area contributed by atoms with E-state index in [9.17, 15) is 8.42 Å². The van der Waals surface area contributed by atoms with Crippen LogP contribution in [0.25, 0.3) is 5.69 Å². The van der Waals surface area contributed by atoms with Crippen LogP contribution in [0.15, 0.2) is 47.4 Å². The summed E-state index contributed by atoms with van der Waals surface area (Å²) in [7, 11) is -1.06. The molecule has 0 bridgehead atoms. The number of hydrogen-bond donors (Lipinski definition) is 1. The van der Waals surface area contributed by atoms with Crippen LogP contribution in [0.5, 0.6) is 11.5 Å². The maximum absolute atomic E-state index is 12.7. The molecule has 3 aromatic rings. The average molecular weight is 410 g/mol. The van der Waals surface area contributed by atoms with Gasteiger partial charge in [0, 0.05) is 11.1 Å². The molecular formula is C16H16ClN5O4S. The van der Waals surface area contributed by atoms with Crippen LogP contribution in [0.1, 0.15) is 5.82 Å². The fraction of sp³-hybridized carbons (Fsp3) is 0.188. The van der Waals surface area contributed by atoms with Crippen LogP contribution in [0.3, 0.4) is 0 Å². The number of hydrogen-bond acceptors (Lipinski definition) is 7. The first kappa shape index (κ1) is 19.1. The molecule has 0 atom stereocenters.